The largest absolute Gasteiger partial charge is 0.350 e. The predicted octanol–water partition coefficient (Wildman–Crippen LogP) is 3.46. The van der Waals surface area contributed by atoms with Gasteiger partial charge in [0, 0.05) is 17.1 Å². The number of para-hydroxylation sites is 1. The molecular formula is C19H20N4O. The van der Waals surface area contributed by atoms with Crippen LogP contribution in [-0.2, 0) is 0 Å². The predicted molar refractivity (Wildman–Crippen MR) is 92.7 cm³/mol. The number of aryl methyl sites for hydroxylation is 2. The van der Waals surface area contributed by atoms with Gasteiger partial charge in [-0.05, 0) is 49.8 Å². The maximum absolute atomic E-state index is 12.8. The summed E-state index contributed by atoms with van der Waals surface area (Å²) in [7, 11) is 0. The van der Waals surface area contributed by atoms with Crippen LogP contribution in [0.4, 0.5) is 0 Å². The van der Waals surface area contributed by atoms with Gasteiger partial charge in [0.2, 0.25) is 0 Å². The number of aromatic nitrogens is 3. The molecule has 0 aliphatic heterocycles. The summed E-state index contributed by atoms with van der Waals surface area (Å²) in [4.78, 5) is 24.5. The summed E-state index contributed by atoms with van der Waals surface area (Å²) >= 11 is 0. The minimum absolute atomic E-state index is 0.0481. The van der Waals surface area contributed by atoms with E-state index in [0.717, 1.165) is 40.6 Å². The van der Waals surface area contributed by atoms with Crippen molar-refractivity contribution in [1.29, 1.82) is 0 Å². The second-order valence-corrected chi connectivity index (χ2v) is 6.60. The summed E-state index contributed by atoms with van der Waals surface area (Å²) in [5.74, 6) is 0.383. The summed E-state index contributed by atoms with van der Waals surface area (Å²) in [6.45, 7) is 4.03. The lowest BCUT2D eigenvalue weighted by Crippen LogP contribution is -2.31. The number of hydrogen-bond donors (Lipinski definition) is 2. The van der Waals surface area contributed by atoms with Gasteiger partial charge in [-0.2, -0.15) is 0 Å². The van der Waals surface area contributed by atoms with Crippen LogP contribution in [0.3, 0.4) is 0 Å². The lowest BCUT2D eigenvalue weighted by atomic mass is 10.0. The van der Waals surface area contributed by atoms with Crippen molar-refractivity contribution in [3.8, 4) is 0 Å². The van der Waals surface area contributed by atoms with Crippen LogP contribution in [0.5, 0.6) is 0 Å². The van der Waals surface area contributed by atoms with E-state index >= 15 is 0 Å². The first-order chi connectivity index (χ1) is 11.6. The Kier molecular flexibility index (Phi) is 3.56. The minimum atomic E-state index is -0.0829. The first kappa shape index (κ1) is 14.9. The van der Waals surface area contributed by atoms with E-state index in [0.29, 0.717) is 11.6 Å². The SMILES string of the molecule is Cc1cncnc1C(NC(=O)c1cc2cccc(C)c2[nH]1)C1CC1. The zero-order chi connectivity index (χ0) is 16.7. The summed E-state index contributed by atoms with van der Waals surface area (Å²) < 4.78 is 0. The number of nitrogens with zero attached hydrogens (tertiary/aromatic N) is 2. The van der Waals surface area contributed by atoms with Gasteiger partial charge in [0.1, 0.15) is 12.0 Å². The number of benzene rings is 1. The molecule has 24 heavy (non-hydrogen) atoms. The smallest absolute Gasteiger partial charge is 0.268 e. The molecule has 1 aliphatic carbocycles. The van der Waals surface area contributed by atoms with Gasteiger partial charge in [0.25, 0.3) is 5.91 Å². The standard InChI is InChI=1S/C19H20N4O/c1-11-4-3-5-14-8-15(22-16(11)14)19(24)23-18(13-6-7-13)17-12(2)9-20-10-21-17/h3-5,8-10,13,18,22H,6-7H2,1-2H3,(H,23,24). The lowest BCUT2D eigenvalue weighted by Gasteiger charge is -2.18. The number of nitrogens with one attached hydrogen (secondary N) is 2. The molecule has 0 bridgehead atoms. The van der Waals surface area contributed by atoms with Gasteiger partial charge in [-0.25, -0.2) is 9.97 Å². The van der Waals surface area contributed by atoms with Crippen LogP contribution >= 0.6 is 0 Å². The third kappa shape index (κ3) is 2.66. The van der Waals surface area contributed by atoms with Crippen molar-refractivity contribution in [2.75, 3.05) is 0 Å². The molecule has 1 saturated carbocycles. The van der Waals surface area contributed by atoms with Gasteiger partial charge in [-0.15, -0.1) is 0 Å². The van der Waals surface area contributed by atoms with Gasteiger partial charge in [-0.1, -0.05) is 18.2 Å². The number of aromatic amines is 1. The van der Waals surface area contributed by atoms with Crippen LogP contribution in [0, 0.1) is 19.8 Å². The molecule has 3 aromatic rings. The molecule has 0 spiro atoms. The minimum Gasteiger partial charge on any atom is -0.350 e. The maximum Gasteiger partial charge on any atom is 0.268 e. The zero-order valence-electron chi connectivity index (χ0n) is 13.8. The monoisotopic (exact) mass is 320 g/mol. The summed E-state index contributed by atoms with van der Waals surface area (Å²) in [5.41, 5.74) is 4.69. The van der Waals surface area contributed by atoms with Crippen LogP contribution in [0.15, 0.2) is 36.8 Å². The Bertz CT molecular complexity index is 911. The van der Waals surface area contributed by atoms with Gasteiger partial charge in [0.05, 0.1) is 11.7 Å². The van der Waals surface area contributed by atoms with E-state index < -0.39 is 0 Å². The molecule has 5 heteroatoms. The van der Waals surface area contributed by atoms with Crippen LogP contribution in [0.25, 0.3) is 10.9 Å². The van der Waals surface area contributed by atoms with Crippen molar-refractivity contribution in [1.82, 2.24) is 20.3 Å². The Balaban J connectivity index is 1.63. The van der Waals surface area contributed by atoms with Gasteiger partial charge >= 0.3 is 0 Å². The highest BCUT2D eigenvalue weighted by Gasteiger charge is 2.35. The second-order valence-electron chi connectivity index (χ2n) is 6.60. The van der Waals surface area contributed by atoms with Crippen molar-refractivity contribution in [2.45, 2.75) is 32.7 Å². The zero-order valence-corrected chi connectivity index (χ0v) is 13.8. The lowest BCUT2D eigenvalue weighted by molar-refractivity contribution is 0.0926. The van der Waals surface area contributed by atoms with E-state index in [1.54, 1.807) is 12.5 Å². The quantitative estimate of drug-likeness (QED) is 0.773. The van der Waals surface area contributed by atoms with E-state index in [-0.39, 0.29) is 11.9 Å². The van der Waals surface area contributed by atoms with Crippen LogP contribution in [0.1, 0.15) is 46.2 Å². The number of rotatable bonds is 4. The van der Waals surface area contributed by atoms with Crippen molar-refractivity contribution in [3.63, 3.8) is 0 Å². The molecule has 1 fully saturated rings. The Morgan fingerprint density at radius 2 is 2.12 bits per heavy atom. The molecule has 0 saturated heterocycles. The second kappa shape index (κ2) is 5.74. The van der Waals surface area contributed by atoms with Crippen molar-refractivity contribution < 1.29 is 4.79 Å². The van der Waals surface area contributed by atoms with E-state index in [9.17, 15) is 4.79 Å². The molecule has 2 heterocycles. The number of fused-ring (bicyclic) bond motifs is 1. The third-order valence-electron chi connectivity index (χ3n) is 4.72. The van der Waals surface area contributed by atoms with Gasteiger partial charge in [0.15, 0.2) is 0 Å². The molecule has 0 radical (unpaired) electrons. The molecule has 5 nitrogen and oxygen atoms in total. The molecular weight excluding hydrogens is 300 g/mol. The van der Waals surface area contributed by atoms with Crippen LogP contribution in [0.2, 0.25) is 0 Å². The van der Waals surface area contributed by atoms with E-state index in [1.807, 2.05) is 38.1 Å². The highest BCUT2D eigenvalue weighted by Crippen LogP contribution is 2.41. The summed E-state index contributed by atoms with van der Waals surface area (Å²) in [5, 5.41) is 4.23. The number of hydrogen-bond acceptors (Lipinski definition) is 3. The Morgan fingerprint density at radius 3 is 2.83 bits per heavy atom. The summed E-state index contributed by atoms with van der Waals surface area (Å²) in [6, 6.07) is 7.92. The number of amides is 1. The molecule has 1 aliphatic rings. The first-order valence-corrected chi connectivity index (χ1v) is 8.29. The molecule has 4 rings (SSSR count). The van der Waals surface area contributed by atoms with E-state index in [1.165, 1.54) is 0 Å². The fourth-order valence-corrected chi connectivity index (χ4v) is 3.22. The highest BCUT2D eigenvalue weighted by molar-refractivity contribution is 5.98. The van der Waals surface area contributed by atoms with Crippen molar-refractivity contribution >= 4 is 16.8 Å². The average Bonchev–Trinajstić information content (AvgIpc) is 3.31. The number of carbonyl (C=O) groups excluding carboxylic acids is 1. The molecule has 1 amide bonds. The number of carbonyl (C=O) groups is 1. The van der Waals surface area contributed by atoms with Crippen LogP contribution < -0.4 is 5.32 Å². The van der Waals surface area contributed by atoms with Gasteiger partial charge < -0.3 is 10.3 Å². The molecule has 122 valence electrons. The topological polar surface area (TPSA) is 70.7 Å². The van der Waals surface area contributed by atoms with Crippen molar-refractivity contribution in [2.24, 2.45) is 5.92 Å². The Morgan fingerprint density at radius 1 is 1.29 bits per heavy atom. The Hall–Kier alpha value is -2.69. The molecule has 2 N–H and O–H groups in total. The Labute approximate surface area is 140 Å². The molecule has 2 aromatic heterocycles. The third-order valence-corrected chi connectivity index (χ3v) is 4.72. The fourth-order valence-electron chi connectivity index (χ4n) is 3.22. The first-order valence-electron chi connectivity index (χ1n) is 8.29. The highest BCUT2D eigenvalue weighted by atomic mass is 16.2. The van der Waals surface area contributed by atoms with E-state index in [2.05, 4.69) is 20.3 Å². The van der Waals surface area contributed by atoms with Crippen LogP contribution in [-0.4, -0.2) is 20.9 Å². The molecule has 1 atom stereocenters. The number of H-pyrrole nitrogens is 1. The maximum atomic E-state index is 12.8. The summed E-state index contributed by atoms with van der Waals surface area (Å²) in [6.07, 6.45) is 5.60. The van der Waals surface area contributed by atoms with E-state index in [4.69, 9.17) is 0 Å². The fraction of sp³-hybridized carbons (Fsp3) is 0.316. The molecule has 1 unspecified atom stereocenters. The van der Waals surface area contributed by atoms with Crippen molar-refractivity contribution in [3.05, 3.63) is 59.3 Å². The van der Waals surface area contributed by atoms with Gasteiger partial charge in [-0.3, -0.25) is 4.79 Å². The average molecular weight is 320 g/mol. The normalized spacial score (nSPS) is 15.4. The molecule has 1 aromatic carbocycles.